The number of hydrogen-bond donors (Lipinski definition) is 1. The lowest BCUT2D eigenvalue weighted by Gasteiger charge is -2.25. The van der Waals surface area contributed by atoms with Gasteiger partial charge in [0.2, 0.25) is 0 Å². The van der Waals surface area contributed by atoms with Gasteiger partial charge >= 0.3 is 0 Å². The van der Waals surface area contributed by atoms with Crippen molar-refractivity contribution in [3.05, 3.63) is 16.4 Å². The number of aliphatic hydroxyl groups excluding tert-OH is 1. The van der Waals surface area contributed by atoms with Gasteiger partial charge in [0.1, 0.15) is 6.10 Å². The Morgan fingerprint density at radius 3 is 2.94 bits per heavy atom. The predicted octanol–water partition coefficient (Wildman–Crippen LogP) is 3.08. The topological polar surface area (TPSA) is 47.3 Å². The molecule has 1 fully saturated rings. The Kier molecular flexibility index (Phi) is 4.45. The monoisotopic (exact) mass is 316 g/mol. The molecule has 1 N–H and O–H groups in total. The first-order valence-corrected chi connectivity index (χ1v) is 7.38. The zero-order valence-corrected chi connectivity index (χ0v) is 12.7. The van der Waals surface area contributed by atoms with Crippen LogP contribution in [0.3, 0.4) is 0 Å². The van der Waals surface area contributed by atoms with E-state index in [1.165, 1.54) is 0 Å². The number of nitrogens with zero attached hydrogens (tertiary/aromatic N) is 2. The van der Waals surface area contributed by atoms with Gasteiger partial charge in [-0.15, -0.1) is 0 Å². The van der Waals surface area contributed by atoms with Crippen LogP contribution in [-0.2, 0) is 4.74 Å². The molecule has 102 valence electrons. The third-order valence-corrected chi connectivity index (χ3v) is 4.24. The molecule has 5 heteroatoms. The maximum absolute atomic E-state index is 10.7. The normalized spacial score (nSPS) is 25.9. The minimum atomic E-state index is -0.517. The summed E-state index contributed by atoms with van der Waals surface area (Å²) in [6, 6.07) is 0.239. The van der Waals surface area contributed by atoms with Crippen LogP contribution in [-0.4, -0.2) is 27.6 Å². The fraction of sp³-hybridized carbons (Fsp3) is 0.769. The summed E-state index contributed by atoms with van der Waals surface area (Å²) in [6.07, 6.45) is 3.25. The van der Waals surface area contributed by atoms with E-state index in [9.17, 15) is 5.11 Å². The maximum atomic E-state index is 10.7. The second-order valence-electron chi connectivity index (χ2n) is 5.13. The van der Waals surface area contributed by atoms with Gasteiger partial charge in [-0.2, -0.15) is 5.10 Å². The molecule has 0 bridgehead atoms. The molecule has 0 radical (unpaired) electrons. The zero-order valence-electron chi connectivity index (χ0n) is 11.1. The van der Waals surface area contributed by atoms with Crippen LogP contribution in [0.5, 0.6) is 0 Å². The molecule has 1 aromatic heterocycles. The van der Waals surface area contributed by atoms with Crippen molar-refractivity contribution < 1.29 is 9.84 Å². The molecule has 4 nitrogen and oxygen atoms in total. The van der Waals surface area contributed by atoms with Crippen molar-refractivity contribution in [3.8, 4) is 0 Å². The van der Waals surface area contributed by atoms with E-state index >= 15 is 0 Å². The molecule has 3 atom stereocenters. The van der Waals surface area contributed by atoms with Gasteiger partial charge in [-0.05, 0) is 42.6 Å². The molecule has 2 heterocycles. The molecule has 0 aromatic carbocycles. The number of rotatable bonds is 4. The summed E-state index contributed by atoms with van der Waals surface area (Å²) in [7, 11) is 0. The Labute approximate surface area is 116 Å². The second-order valence-corrected chi connectivity index (χ2v) is 5.99. The van der Waals surface area contributed by atoms with E-state index in [-0.39, 0.29) is 18.1 Å². The zero-order chi connectivity index (χ0) is 13.3. The van der Waals surface area contributed by atoms with Gasteiger partial charge in [0, 0.05) is 18.6 Å². The Hall–Kier alpha value is -0.390. The van der Waals surface area contributed by atoms with Crippen molar-refractivity contribution in [2.45, 2.75) is 51.9 Å². The van der Waals surface area contributed by atoms with E-state index in [0.29, 0.717) is 0 Å². The quantitative estimate of drug-likeness (QED) is 0.928. The van der Waals surface area contributed by atoms with Crippen molar-refractivity contribution in [2.75, 3.05) is 6.61 Å². The van der Waals surface area contributed by atoms with Crippen LogP contribution in [0.4, 0.5) is 0 Å². The molecule has 18 heavy (non-hydrogen) atoms. The fourth-order valence-corrected chi connectivity index (χ4v) is 3.20. The van der Waals surface area contributed by atoms with Crippen molar-refractivity contribution in [1.29, 1.82) is 0 Å². The van der Waals surface area contributed by atoms with Gasteiger partial charge in [0.25, 0.3) is 0 Å². The Balaban J connectivity index is 2.27. The standard InChI is InChI=1S/C13H21BrN2O2/c1-4-11-9(5-6-18-11)13(17)12-10(14)7-15-16(12)8(2)3/h7-9,11,13,17H,4-6H2,1-3H3. The number of aliphatic hydroxyl groups is 1. The van der Waals surface area contributed by atoms with Crippen molar-refractivity contribution in [1.82, 2.24) is 9.78 Å². The number of halogens is 1. The van der Waals surface area contributed by atoms with Crippen LogP contribution in [0.15, 0.2) is 10.7 Å². The molecule has 2 rings (SSSR count). The Morgan fingerprint density at radius 2 is 2.33 bits per heavy atom. The third kappa shape index (κ3) is 2.49. The SMILES string of the molecule is CCC1OCCC1C(O)c1c(Br)cnn1C(C)C. The molecule has 1 aromatic rings. The number of ether oxygens (including phenoxy) is 1. The van der Waals surface area contributed by atoms with E-state index in [2.05, 4.69) is 41.8 Å². The molecule has 1 aliphatic rings. The van der Waals surface area contributed by atoms with E-state index in [1.807, 2.05) is 4.68 Å². The van der Waals surface area contributed by atoms with Gasteiger partial charge in [-0.1, -0.05) is 6.92 Å². The second kappa shape index (κ2) is 5.72. The van der Waals surface area contributed by atoms with Crippen LogP contribution in [0.2, 0.25) is 0 Å². The maximum Gasteiger partial charge on any atom is 0.102 e. The predicted molar refractivity (Wildman–Crippen MR) is 73.4 cm³/mol. The number of hydrogen-bond acceptors (Lipinski definition) is 3. The van der Waals surface area contributed by atoms with Gasteiger partial charge in [-0.3, -0.25) is 4.68 Å². The molecular weight excluding hydrogens is 296 g/mol. The van der Waals surface area contributed by atoms with Gasteiger partial charge in [0.15, 0.2) is 0 Å². The smallest absolute Gasteiger partial charge is 0.102 e. The Bertz CT molecular complexity index is 406. The first kappa shape index (κ1) is 14.0. The van der Waals surface area contributed by atoms with Gasteiger partial charge in [0.05, 0.1) is 22.5 Å². The number of aromatic nitrogens is 2. The molecule has 0 amide bonds. The van der Waals surface area contributed by atoms with Crippen LogP contribution in [0, 0.1) is 5.92 Å². The van der Waals surface area contributed by atoms with E-state index in [1.54, 1.807) is 6.20 Å². The fourth-order valence-electron chi connectivity index (χ4n) is 2.69. The first-order valence-electron chi connectivity index (χ1n) is 6.58. The average Bonchev–Trinajstić information content (AvgIpc) is 2.93. The summed E-state index contributed by atoms with van der Waals surface area (Å²) in [5, 5.41) is 15.0. The Morgan fingerprint density at radius 1 is 1.61 bits per heavy atom. The van der Waals surface area contributed by atoms with Crippen LogP contribution in [0.1, 0.15) is 51.5 Å². The van der Waals surface area contributed by atoms with E-state index in [4.69, 9.17) is 4.74 Å². The van der Waals surface area contributed by atoms with Crippen molar-refractivity contribution in [3.63, 3.8) is 0 Å². The van der Waals surface area contributed by atoms with Crippen molar-refractivity contribution in [2.24, 2.45) is 5.92 Å². The van der Waals surface area contributed by atoms with E-state index < -0.39 is 6.10 Å². The van der Waals surface area contributed by atoms with E-state index in [0.717, 1.165) is 29.6 Å². The molecule has 3 unspecified atom stereocenters. The van der Waals surface area contributed by atoms with Crippen LogP contribution in [0.25, 0.3) is 0 Å². The highest BCUT2D eigenvalue weighted by Crippen LogP contribution is 2.38. The third-order valence-electron chi connectivity index (χ3n) is 3.62. The molecule has 0 saturated carbocycles. The summed E-state index contributed by atoms with van der Waals surface area (Å²) >= 11 is 3.49. The molecule has 0 aliphatic carbocycles. The van der Waals surface area contributed by atoms with Crippen LogP contribution < -0.4 is 0 Å². The average molecular weight is 317 g/mol. The molecule has 1 aliphatic heterocycles. The highest BCUT2D eigenvalue weighted by Gasteiger charge is 2.36. The summed E-state index contributed by atoms with van der Waals surface area (Å²) in [5.74, 6) is 0.167. The summed E-state index contributed by atoms with van der Waals surface area (Å²) in [5.41, 5.74) is 0.874. The van der Waals surface area contributed by atoms with Gasteiger partial charge < -0.3 is 9.84 Å². The lowest BCUT2D eigenvalue weighted by molar-refractivity contribution is 0.0260. The minimum absolute atomic E-state index is 0.155. The van der Waals surface area contributed by atoms with Gasteiger partial charge in [-0.25, -0.2) is 0 Å². The van der Waals surface area contributed by atoms with Crippen molar-refractivity contribution >= 4 is 15.9 Å². The van der Waals surface area contributed by atoms with Crippen LogP contribution >= 0.6 is 15.9 Å². The lowest BCUT2D eigenvalue weighted by Crippen LogP contribution is -2.25. The minimum Gasteiger partial charge on any atom is -0.386 e. The summed E-state index contributed by atoms with van der Waals surface area (Å²) < 4.78 is 8.44. The lowest BCUT2D eigenvalue weighted by atomic mass is 9.91. The molecular formula is C13H21BrN2O2. The molecule has 0 spiro atoms. The largest absolute Gasteiger partial charge is 0.386 e. The first-order chi connectivity index (χ1) is 8.56. The summed E-state index contributed by atoms with van der Waals surface area (Å²) in [4.78, 5) is 0. The molecule has 1 saturated heterocycles. The summed E-state index contributed by atoms with van der Waals surface area (Å²) in [6.45, 7) is 6.98. The highest BCUT2D eigenvalue weighted by atomic mass is 79.9. The highest BCUT2D eigenvalue weighted by molar-refractivity contribution is 9.10.